The van der Waals surface area contributed by atoms with Crippen LogP contribution in [0.1, 0.15) is 30.1 Å². The van der Waals surface area contributed by atoms with Crippen molar-refractivity contribution in [3.05, 3.63) is 46.1 Å². The Hall–Kier alpha value is -2.17. The SMILES string of the molecule is CCCCNC(=O)c1cc2cccc(F)c2oc1=O. The van der Waals surface area contributed by atoms with Crippen molar-refractivity contribution >= 4 is 16.9 Å². The molecular formula is C14H14FNO3. The number of para-hydroxylation sites is 1. The lowest BCUT2D eigenvalue weighted by Gasteiger charge is -2.04. The number of benzene rings is 1. The van der Waals surface area contributed by atoms with Gasteiger partial charge in [-0.3, -0.25) is 4.79 Å². The van der Waals surface area contributed by atoms with Crippen molar-refractivity contribution < 1.29 is 13.6 Å². The fourth-order valence-electron chi connectivity index (χ4n) is 1.74. The number of carbonyl (C=O) groups is 1. The minimum absolute atomic E-state index is 0.103. The first-order valence-corrected chi connectivity index (χ1v) is 6.14. The van der Waals surface area contributed by atoms with Crippen molar-refractivity contribution in [3.8, 4) is 0 Å². The summed E-state index contributed by atoms with van der Waals surface area (Å²) in [7, 11) is 0. The average Bonchev–Trinajstić information content (AvgIpc) is 2.39. The lowest BCUT2D eigenvalue weighted by atomic mass is 10.1. The number of hydrogen-bond donors (Lipinski definition) is 1. The summed E-state index contributed by atoms with van der Waals surface area (Å²) in [6.45, 7) is 2.50. The van der Waals surface area contributed by atoms with E-state index in [0.717, 1.165) is 12.8 Å². The Kier molecular flexibility index (Phi) is 3.94. The first-order valence-electron chi connectivity index (χ1n) is 6.14. The van der Waals surface area contributed by atoms with E-state index in [0.29, 0.717) is 11.9 Å². The van der Waals surface area contributed by atoms with E-state index in [1.54, 1.807) is 6.07 Å². The summed E-state index contributed by atoms with van der Waals surface area (Å²) in [5.41, 5.74) is -1.06. The highest BCUT2D eigenvalue weighted by molar-refractivity contribution is 5.96. The van der Waals surface area contributed by atoms with Gasteiger partial charge in [0.2, 0.25) is 0 Å². The van der Waals surface area contributed by atoms with Gasteiger partial charge in [0.25, 0.3) is 5.91 Å². The van der Waals surface area contributed by atoms with Gasteiger partial charge in [-0.15, -0.1) is 0 Å². The van der Waals surface area contributed by atoms with Gasteiger partial charge in [-0.1, -0.05) is 25.5 Å². The second-order valence-electron chi connectivity index (χ2n) is 4.22. The van der Waals surface area contributed by atoms with Crippen molar-refractivity contribution in [1.29, 1.82) is 0 Å². The third-order valence-electron chi connectivity index (χ3n) is 2.77. The highest BCUT2D eigenvalue weighted by Gasteiger charge is 2.14. The second-order valence-corrected chi connectivity index (χ2v) is 4.22. The standard InChI is InChI=1S/C14H14FNO3/c1-2-3-7-16-13(17)10-8-9-5-4-6-11(15)12(9)19-14(10)18/h4-6,8H,2-3,7H2,1H3,(H,16,17). The Bertz CT molecular complexity index is 663. The second kappa shape index (κ2) is 5.65. The fourth-order valence-corrected chi connectivity index (χ4v) is 1.74. The molecule has 0 spiro atoms. The molecular weight excluding hydrogens is 249 g/mol. The Labute approximate surface area is 109 Å². The van der Waals surface area contributed by atoms with Crippen LogP contribution in [0, 0.1) is 5.82 Å². The van der Waals surface area contributed by atoms with Crippen molar-refractivity contribution in [3.63, 3.8) is 0 Å². The van der Waals surface area contributed by atoms with Crippen LogP contribution < -0.4 is 10.9 Å². The van der Waals surface area contributed by atoms with E-state index < -0.39 is 17.3 Å². The molecule has 5 heteroatoms. The van der Waals surface area contributed by atoms with Crippen molar-refractivity contribution in [2.75, 3.05) is 6.54 Å². The van der Waals surface area contributed by atoms with E-state index in [1.807, 2.05) is 6.92 Å². The van der Waals surface area contributed by atoms with E-state index in [-0.39, 0.29) is 11.1 Å². The zero-order chi connectivity index (χ0) is 13.8. The topological polar surface area (TPSA) is 59.3 Å². The Morgan fingerprint density at radius 1 is 1.42 bits per heavy atom. The molecule has 0 unspecified atom stereocenters. The molecule has 0 atom stereocenters. The van der Waals surface area contributed by atoms with Gasteiger partial charge in [0, 0.05) is 11.9 Å². The number of halogens is 1. The number of fused-ring (bicyclic) bond motifs is 1. The molecule has 0 aliphatic heterocycles. The zero-order valence-corrected chi connectivity index (χ0v) is 10.5. The van der Waals surface area contributed by atoms with Crippen LogP contribution >= 0.6 is 0 Å². The number of carbonyl (C=O) groups excluding carboxylic acids is 1. The minimum atomic E-state index is -0.827. The number of unbranched alkanes of at least 4 members (excludes halogenated alkanes) is 1. The van der Waals surface area contributed by atoms with Crippen LogP contribution in [-0.4, -0.2) is 12.5 Å². The van der Waals surface area contributed by atoms with E-state index in [1.165, 1.54) is 18.2 Å². The third-order valence-corrected chi connectivity index (χ3v) is 2.77. The lowest BCUT2D eigenvalue weighted by molar-refractivity contribution is 0.0949. The first-order chi connectivity index (χ1) is 9.13. The summed E-state index contributed by atoms with van der Waals surface area (Å²) in [6, 6.07) is 5.64. The molecule has 1 amide bonds. The number of nitrogens with one attached hydrogen (secondary N) is 1. The highest BCUT2D eigenvalue weighted by atomic mass is 19.1. The Morgan fingerprint density at radius 3 is 2.95 bits per heavy atom. The predicted molar refractivity (Wildman–Crippen MR) is 69.7 cm³/mol. The average molecular weight is 263 g/mol. The van der Waals surface area contributed by atoms with E-state index in [9.17, 15) is 14.0 Å². The summed E-state index contributed by atoms with van der Waals surface area (Å²) < 4.78 is 18.3. The van der Waals surface area contributed by atoms with Gasteiger partial charge in [0.1, 0.15) is 5.56 Å². The minimum Gasteiger partial charge on any atom is -0.419 e. The van der Waals surface area contributed by atoms with E-state index >= 15 is 0 Å². The molecule has 0 aliphatic carbocycles. The van der Waals surface area contributed by atoms with Crippen LogP contribution in [0.4, 0.5) is 4.39 Å². The monoisotopic (exact) mass is 263 g/mol. The molecule has 1 N–H and O–H groups in total. The molecule has 0 bridgehead atoms. The maximum Gasteiger partial charge on any atom is 0.349 e. The molecule has 2 rings (SSSR count). The molecule has 0 fully saturated rings. The Balaban J connectivity index is 2.36. The first kappa shape index (κ1) is 13.3. The van der Waals surface area contributed by atoms with E-state index in [2.05, 4.69) is 5.32 Å². The van der Waals surface area contributed by atoms with Gasteiger partial charge in [-0.05, 0) is 18.6 Å². The third kappa shape index (κ3) is 2.81. The summed E-state index contributed by atoms with van der Waals surface area (Å²) in [6.07, 6.45) is 1.77. The summed E-state index contributed by atoms with van der Waals surface area (Å²) in [5, 5.41) is 3.02. The molecule has 4 nitrogen and oxygen atoms in total. The van der Waals surface area contributed by atoms with E-state index in [4.69, 9.17) is 4.42 Å². The van der Waals surface area contributed by atoms with Gasteiger partial charge >= 0.3 is 5.63 Å². The van der Waals surface area contributed by atoms with Gasteiger partial charge in [-0.25, -0.2) is 9.18 Å². The summed E-state index contributed by atoms with van der Waals surface area (Å²) >= 11 is 0. The highest BCUT2D eigenvalue weighted by Crippen LogP contribution is 2.16. The van der Waals surface area contributed by atoms with Crippen LogP contribution in [0.25, 0.3) is 11.0 Å². The molecule has 0 saturated carbocycles. The smallest absolute Gasteiger partial charge is 0.349 e. The van der Waals surface area contributed by atoms with Crippen LogP contribution in [0.5, 0.6) is 0 Å². The molecule has 0 radical (unpaired) electrons. The van der Waals surface area contributed by atoms with Crippen LogP contribution in [0.2, 0.25) is 0 Å². The number of rotatable bonds is 4. The molecule has 1 aromatic heterocycles. The molecule has 0 aliphatic rings. The quantitative estimate of drug-likeness (QED) is 0.681. The van der Waals surface area contributed by atoms with Gasteiger partial charge in [-0.2, -0.15) is 0 Å². The number of hydrogen-bond acceptors (Lipinski definition) is 3. The van der Waals surface area contributed by atoms with Gasteiger partial charge < -0.3 is 9.73 Å². The summed E-state index contributed by atoms with van der Waals surface area (Å²) in [4.78, 5) is 23.5. The Morgan fingerprint density at radius 2 is 2.21 bits per heavy atom. The fraction of sp³-hybridized carbons (Fsp3) is 0.286. The normalized spacial score (nSPS) is 10.6. The largest absolute Gasteiger partial charge is 0.419 e. The van der Waals surface area contributed by atoms with Gasteiger partial charge in [0.05, 0.1) is 0 Å². The maximum atomic E-state index is 13.4. The van der Waals surface area contributed by atoms with Gasteiger partial charge in [0.15, 0.2) is 11.4 Å². The molecule has 1 aromatic carbocycles. The maximum absolute atomic E-state index is 13.4. The molecule has 0 saturated heterocycles. The zero-order valence-electron chi connectivity index (χ0n) is 10.5. The summed E-state index contributed by atoms with van der Waals surface area (Å²) in [5.74, 6) is -1.11. The van der Waals surface area contributed by atoms with Crippen LogP contribution in [0.15, 0.2) is 33.5 Å². The lowest BCUT2D eigenvalue weighted by Crippen LogP contribution is -2.29. The van der Waals surface area contributed by atoms with Crippen molar-refractivity contribution in [2.24, 2.45) is 0 Å². The van der Waals surface area contributed by atoms with Crippen LogP contribution in [-0.2, 0) is 0 Å². The molecule has 2 aromatic rings. The number of amides is 1. The predicted octanol–water partition coefficient (Wildman–Crippen LogP) is 2.46. The van der Waals surface area contributed by atoms with Crippen molar-refractivity contribution in [1.82, 2.24) is 5.32 Å². The molecule has 19 heavy (non-hydrogen) atoms. The van der Waals surface area contributed by atoms with Crippen LogP contribution in [0.3, 0.4) is 0 Å². The molecule has 1 heterocycles. The van der Waals surface area contributed by atoms with Crippen molar-refractivity contribution in [2.45, 2.75) is 19.8 Å². The molecule has 100 valence electrons.